The highest BCUT2D eigenvalue weighted by Gasteiger charge is 2.05. The molecule has 0 radical (unpaired) electrons. The fourth-order valence-corrected chi connectivity index (χ4v) is 2.45. The van der Waals surface area contributed by atoms with Crippen LogP contribution in [0, 0.1) is 25.5 Å². The average Bonchev–Trinajstić information content (AvgIpc) is 2.64. The third-order valence-corrected chi connectivity index (χ3v) is 3.98. The zero-order valence-corrected chi connectivity index (χ0v) is 15.7. The van der Waals surface area contributed by atoms with Crippen LogP contribution >= 0.6 is 0 Å². The molecule has 27 heavy (non-hydrogen) atoms. The molecule has 6 heteroatoms. The van der Waals surface area contributed by atoms with Crippen LogP contribution in [-0.2, 0) is 4.79 Å². The predicted octanol–water partition coefficient (Wildman–Crippen LogP) is 4.33. The van der Waals surface area contributed by atoms with Gasteiger partial charge in [-0.15, -0.1) is 0 Å². The van der Waals surface area contributed by atoms with Gasteiger partial charge in [-0.2, -0.15) is 0 Å². The summed E-state index contributed by atoms with van der Waals surface area (Å²) in [6.45, 7) is 5.08. The lowest BCUT2D eigenvalue weighted by Crippen LogP contribution is -2.27. The van der Waals surface area contributed by atoms with E-state index in [-0.39, 0.29) is 18.3 Å². The molecule has 0 saturated heterocycles. The van der Waals surface area contributed by atoms with E-state index in [0.29, 0.717) is 19.6 Å². The maximum absolute atomic E-state index is 13.0. The molecule has 4 nitrogen and oxygen atoms in total. The third-order valence-electron chi connectivity index (χ3n) is 3.98. The maximum atomic E-state index is 13.0. The number of rotatable bonds is 10. The number of carbonyl (C=O) groups is 1. The predicted molar refractivity (Wildman–Crippen MR) is 100 cm³/mol. The van der Waals surface area contributed by atoms with Gasteiger partial charge in [-0.3, -0.25) is 4.79 Å². The third kappa shape index (κ3) is 7.25. The Morgan fingerprint density at radius 2 is 1.78 bits per heavy atom. The fraction of sp³-hybridized carbons (Fsp3) is 0.381. The second-order valence-corrected chi connectivity index (χ2v) is 6.35. The Labute approximate surface area is 158 Å². The molecule has 0 fully saturated rings. The molecule has 0 aliphatic carbocycles. The monoisotopic (exact) mass is 377 g/mol. The van der Waals surface area contributed by atoms with Gasteiger partial charge in [-0.1, -0.05) is 12.1 Å². The molecule has 0 aliphatic rings. The van der Waals surface area contributed by atoms with Gasteiger partial charge in [0, 0.05) is 12.5 Å². The van der Waals surface area contributed by atoms with Crippen molar-refractivity contribution in [3.63, 3.8) is 0 Å². The molecule has 0 spiro atoms. The number of carbonyl (C=O) groups excluding carboxylic acids is 1. The fourth-order valence-electron chi connectivity index (χ4n) is 2.45. The number of amides is 1. The number of hydrogen-bond donors (Lipinski definition) is 1. The Hall–Kier alpha value is -2.63. The van der Waals surface area contributed by atoms with Gasteiger partial charge in [-0.05, 0) is 56.0 Å². The molecule has 0 atom stereocenters. The van der Waals surface area contributed by atoms with Gasteiger partial charge in [-0.25, -0.2) is 8.78 Å². The van der Waals surface area contributed by atoms with E-state index in [1.165, 1.54) is 6.07 Å². The molecule has 2 aromatic rings. The van der Waals surface area contributed by atoms with Gasteiger partial charge in [0.1, 0.15) is 18.1 Å². The summed E-state index contributed by atoms with van der Waals surface area (Å²) < 4.78 is 36.9. The van der Waals surface area contributed by atoms with E-state index in [2.05, 4.69) is 5.32 Å². The summed E-state index contributed by atoms with van der Waals surface area (Å²) >= 11 is 0. The first-order valence-corrected chi connectivity index (χ1v) is 9.00. The molecule has 2 aromatic carbocycles. The Bertz CT molecular complexity index is 765. The molecule has 0 saturated carbocycles. The van der Waals surface area contributed by atoms with E-state index >= 15 is 0 Å². The maximum Gasteiger partial charge on any atom is 0.220 e. The summed E-state index contributed by atoms with van der Waals surface area (Å²) in [6, 6.07) is 9.41. The first kappa shape index (κ1) is 20.7. The van der Waals surface area contributed by atoms with Crippen molar-refractivity contribution in [1.29, 1.82) is 0 Å². The molecule has 0 bridgehead atoms. The quantitative estimate of drug-likeness (QED) is 0.627. The molecule has 2 rings (SSSR count). The largest absolute Gasteiger partial charge is 0.493 e. The van der Waals surface area contributed by atoms with Crippen molar-refractivity contribution in [2.45, 2.75) is 33.1 Å². The molecule has 0 aromatic heterocycles. The molecular weight excluding hydrogens is 352 g/mol. The number of ether oxygens (including phenoxy) is 2. The molecule has 0 unspecified atom stereocenters. The first-order chi connectivity index (χ1) is 13.0. The van der Waals surface area contributed by atoms with Crippen LogP contribution in [-0.4, -0.2) is 25.7 Å². The summed E-state index contributed by atoms with van der Waals surface area (Å²) in [6.07, 6.45) is 1.91. The number of nitrogens with one attached hydrogen (secondary N) is 1. The van der Waals surface area contributed by atoms with Crippen molar-refractivity contribution in [2.75, 3.05) is 19.8 Å². The molecule has 1 amide bonds. The van der Waals surface area contributed by atoms with E-state index < -0.39 is 11.6 Å². The molecule has 146 valence electrons. The van der Waals surface area contributed by atoms with Crippen LogP contribution in [0.25, 0.3) is 0 Å². The number of unbranched alkanes of at least 4 members (excludes halogenated alkanes) is 1. The van der Waals surface area contributed by atoms with E-state index in [1.807, 2.05) is 32.0 Å². The van der Waals surface area contributed by atoms with Crippen molar-refractivity contribution in [1.82, 2.24) is 5.32 Å². The summed E-state index contributed by atoms with van der Waals surface area (Å²) in [5.41, 5.74) is 2.25. The van der Waals surface area contributed by atoms with Crippen molar-refractivity contribution in [3.05, 3.63) is 59.2 Å². The highest BCUT2D eigenvalue weighted by Crippen LogP contribution is 2.19. The molecule has 1 N–H and O–H groups in total. The second-order valence-electron chi connectivity index (χ2n) is 6.35. The minimum Gasteiger partial charge on any atom is -0.493 e. The van der Waals surface area contributed by atoms with E-state index in [4.69, 9.17) is 9.47 Å². The van der Waals surface area contributed by atoms with Gasteiger partial charge in [0.2, 0.25) is 5.91 Å². The van der Waals surface area contributed by atoms with Crippen molar-refractivity contribution in [2.24, 2.45) is 0 Å². The Morgan fingerprint density at radius 3 is 2.56 bits per heavy atom. The van der Waals surface area contributed by atoms with Crippen LogP contribution in [0.5, 0.6) is 11.5 Å². The van der Waals surface area contributed by atoms with Crippen molar-refractivity contribution >= 4 is 5.91 Å². The van der Waals surface area contributed by atoms with Crippen molar-refractivity contribution in [3.8, 4) is 11.5 Å². The van der Waals surface area contributed by atoms with Gasteiger partial charge < -0.3 is 14.8 Å². The summed E-state index contributed by atoms with van der Waals surface area (Å²) in [7, 11) is 0. The Kier molecular flexibility index (Phi) is 8.04. The van der Waals surface area contributed by atoms with Crippen LogP contribution in [0.3, 0.4) is 0 Å². The van der Waals surface area contributed by atoms with Crippen LogP contribution in [0.4, 0.5) is 8.78 Å². The lowest BCUT2D eigenvalue weighted by atomic mass is 10.1. The van der Waals surface area contributed by atoms with Crippen LogP contribution < -0.4 is 14.8 Å². The van der Waals surface area contributed by atoms with Crippen molar-refractivity contribution < 1.29 is 23.0 Å². The Morgan fingerprint density at radius 1 is 0.963 bits per heavy atom. The minimum absolute atomic E-state index is 0.0735. The van der Waals surface area contributed by atoms with Gasteiger partial charge in [0.05, 0.1) is 13.2 Å². The number of benzene rings is 2. The number of hydrogen-bond acceptors (Lipinski definition) is 3. The number of halogens is 2. The zero-order valence-electron chi connectivity index (χ0n) is 15.7. The molecule has 0 heterocycles. The standard InChI is InChI=1S/C21H25F2NO3/c1-15-6-7-16(2)20(13-15)27-11-4-3-5-21(25)24-10-12-26-17-8-9-18(22)19(23)14-17/h6-9,13-14H,3-5,10-12H2,1-2H3,(H,24,25). The van der Waals surface area contributed by atoms with E-state index in [1.54, 1.807) is 0 Å². The molecule has 0 aliphatic heterocycles. The normalized spacial score (nSPS) is 10.5. The van der Waals surface area contributed by atoms with E-state index in [9.17, 15) is 13.6 Å². The average molecular weight is 377 g/mol. The molecular formula is C21H25F2NO3. The van der Waals surface area contributed by atoms with Crippen LogP contribution in [0.2, 0.25) is 0 Å². The number of aryl methyl sites for hydroxylation is 2. The smallest absolute Gasteiger partial charge is 0.220 e. The van der Waals surface area contributed by atoms with Gasteiger partial charge in [0.25, 0.3) is 0 Å². The van der Waals surface area contributed by atoms with Gasteiger partial charge >= 0.3 is 0 Å². The summed E-state index contributed by atoms with van der Waals surface area (Å²) in [5.74, 6) is -0.840. The zero-order chi connectivity index (χ0) is 19.6. The lowest BCUT2D eigenvalue weighted by molar-refractivity contribution is -0.121. The highest BCUT2D eigenvalue weighted by atomic mass is 19.2. The van der Waals surface area contributed by atoms with Crippen LogP contribution in [0.15, 0.2) is 36.4 Å². The summed E-state index contributed by atoms with van der Waals surface area (Å²) in [4.78, 5) is 11.8. The first-order valence-electron chi connectivity index (χ1n) is 9.00. The van der Waals surface area contributed by atoms with E-state index in [0.717, 1.165) is 41.9 Å². The lowest BCUT2D eigenvalue weighted by Gasteiger charge is -2.10. The Balaban J connectivity index is 1.54. The minimum atomic E-state index is -0.959. The second kappa shape index (κ2) is 10.5. The highest BCUT2D eigenvalue weighted by molar-refractivity contribution is 5.75. The topological polar surface area (TPSA) is 47.6 Å². The van der Waals surface area contributed by atoms with Gasteiger partial charge in [0.15, 0.2) is 11.6 Å². The van der Waals surface area contributed by atoms with Crippen LogP contribution in [0.1, 0.15) is 30.4 Å². The summed E-state index contributed by atoms with van der Waals surface area (Å²) in [5, 5.41) is 2.73. The SMILES string of the molecule is Cc1ccc(C)c(OCCCCC(=O)NCCOc2ccc(F)c(F)c2)c1.